The van der Waals surface area contributed by atoms with Crippen LogP contribution in [0.15, 0.2) is 115 Å². The van der Waals surface area contributed by atoms with E-state index in [1.54, 1.807) is 106 Å². The van der Waals surface area contributed by atoms with E-state index in [0.717, 1.165) is 5.56 Å². The molecule has 41 heavy (non-hydrogen) atoms. The number of carbonyl (C=O) groups excluding carboxylic acids is 2. The van der Waals surface area contributed by atoms with Gasteiger partial charge in [-0.2, -0.15) is 0 Å². The molecule has 1 N–H and O–H groups in total. The van der Waals surface area contributed by atoms with Crippen LogP contribution in [0.3, 0.4) is 0 Å². The van der Waals surface area contributed by atoms with Gasteiger partial charge in [0.15, 0.2) is 0 Å². The fraction of sp³-hybridized carbons (Fsp3) is 0.188. The Bertz CT molecular complexity index is 1530. The number of rotatable bonds is 8. The summed E-state index contributed by atoms with van der Waals surface area (Å²) in [5.41, 5.74) is 0.667. The number of hydrogen-bond donors (Lipinski definition) is 1. The standard InChI is InChI=1S/C32H31N2O6P/c1-31(2,3)38-30(36)33-32(41(37,39-25-17-9-5-10-18-25)40-26-19-11-6-12-20-26)27-21-13-14-22-28(27)34(29(32)35)23-24-15-7-4-8-16-24/h4-22H,23H2,1-3H3,(H,33,36)/t32-/m1/s1. The summed E-state index contributed by atoms with van der Waals surface area (Å²) in [6, 6.07) is 33.1. The highest BCUT2D eigenvalue weighted by Gasteiger charge is 2.68. The van der Waals surface area contributed by atoms with Crippen LogP contribution in [-0.2, 0) is 25.9 Å². The zero-order valence-electron chi connectivity index (χ0n) is 23.0. The maximum absolute atomic E-state index is 15.4. The van der Waals surface area contributed by atoms with Gasteiger partial charge < -0.3 is 18.7 Å². The van der Waals surface area contributed by atoms with Crippen molar-refractivity contribution in [2.75, 3.05) is 4.90 Å². The molecule has 1 heterocycles. The minimum atomic E-state index is -4.69. The number of carbonyl (C=O) groups is 2. The van der Waals surface area contributed by atoms with Gasteiger partial charge in [0.1, 0.15) is 17.1 Å². The summed E-state index contributed by atoms with van der Waals surface area (Å²) in [4.78, 5) is 29.7. The van der Waals surface area contributed by atoms with Crippen LogP contribution < -0.4 is 19.3 Å². The van der Waals surface area contributed by atoms with E-state index >= 15 is 4.57 Å². The summed E-state index contributed by atoms with van der Waals surface area (Å²) in [6.07, 6.45) is -0.948. The first-order valence-corrected chi connectivity index (χ1v) is 14.7. The lowest BCUT2D eigenvalue weighted by Gasteiger charge is -2.36. The second-order valence-corrected chi connectivity index (χ2v) is 12.6. The van der Waals surface area contributed by atoms with Crippen LogP contribution in [-0.4, -0.2) is 17.6 Å². The van der Waals surface area contributed by atoms with Crippen LogP contribution >= 0.6 is 7.60 Å². The highest BCUT2D eigenvalue weighted by Crippen LogP contribution is 2.67. The van der Waals surface area contributed by atoms with E-state index in [9.17, 15) is 9.59 Å². The molecule has 0 bridgehead atoms. The molecule has 0 aliphatic carbocycles. The first kappa shape index (κ1) is 28.0. The number of benzene rings is 4. The van der Waals surface area contributed by atoms with Gasteiger partial charge in [-0.05, 0) is 56.7 Å². The molecule has 0 aromatic heterocycles. The Morgan fingerprint density at radius 2 is 1.27 bits per heavy atom. The molecule has 4 aromatic rings. The minimum absolute atomic E-state index is 0.158. The van der Waals surface area contributed by atoms with Gasteiger partial charge in [-0.1, -0.05) is 84.9 Å². The molecule has 1 aliphatic heterocycles. The van der Waals surface area contributed by atoms with Crippen molar-refractivity contribution in [3.8, 4) is 11.5 Å². The Morgan fingerprint density at radius 3 is 1.80 bits per heavy atom. The van der Waals surface area contributed by atoms with Gasteiger partial charge in [-0.3, -0.25) is 10.1 Å². The first-order chi connectivity index (χ1) is 19.6. The van der Waals surface area contributed by atoms with Crippen molar-refractivity contribution in [3.05, 3.63) is 126 Å². The van der Waals surface area contributed by atoms with E-state index in [-0.39, 0.29) is 23.6 Å². The van der Waals surface area contributed by atoms with Gasteiger partial charge in [0.25, 0.3) is 11.2 Å². The largest absolute Gasteiger partial charge is 0.470 e. The second kappa shape index (κ2) is 11.1. The number of ether oxygens (including phenoxy) is 1. The van der Waals surface area contributed by atoms with Crippen LogP contribution in [0.25, 0.3) is 0 Å². The topological polar surface area (TPSA) is 94.2 Å². The van der Waals surface area contributed by atoms with Crippen molar-refractivity contribution in [1.29, 1.82) is 0 Å². The zero-order valence-corrected chi connectivity index (χ0v) is 23.9. The third kappa shape index (κ3) is 5.70. The first-order valence-electron chi connectivity index (χ1n) is 13.2. The third-order valence-corrected chi connectivity index (χ3v) is 8.62. The molecular formula is C32H31N2O6P. The van der Waals surface area contributed by atoms with E-state index in [2.05, 4.69) is 5.32 Å². The van der Waals surface area contributed by atoms with Crippen LogP contribution in [0.5, 0.6) is 11.5 Å². The van der Waals surface area contributed by atoms with Gasteiger partial charge in [0, 0.05) is 5.56 Å². The molecule has 8 nitrogen and oxygen atoms in total. The maximum Gasteiger partial charge on any atom is 0.470 e. The Balaban J connectivity index is 1.72. The number of para-hydroxylation sites is 3. The van der Waals surface area contributed by atoms with Crippen LogP contribution in [0.4, 0.5) is 10.5 Å². The van der Waals surface area contributed by atoms with Crippen molar-refractivity contribution in [1.82, 2.24) is 5.32 Å². The molecule has 0 spiro atoms. The lowest BCUT2D eigenvalue weighted by molar-refractivity contribution is -0.122. The van der Waals surface area contributed by atoms with E-state index in [4.69, 9.17) is 13.8 Å². The van der Waals surface area contributed by atoms with Crippen molar-refractivity contribution in [2.24, 2.45) is 0 Å². The van der Waals surface area contributed by atoms with Crippen molar-refractivity contribution < 1.29 is 27.9 Å². The summed E-state index contributed by atoms with van der Waals surface area (Å²) in [6.45, 7) is 5.26. The molecule has 5 rings (SSSR count). The Labute approximate surface area is 239 Å². The molecule has 2 amide bonds. The van der Waals surface area contributed by atoms with Gasteiger partial charge in [-0.25, -0.2) is 9.36 Å². The fourth-order valence-electron chi connectivity index (χ4n) is 4.66. The third-order valence-electron chi connectivity index (χ3n) is 6.35. The predicted octanol–water partition coefficient (Wildman–Crippen LogP) is 7.26. The van der Waals surface area contributed by atoms with E-state index in [1.807, 2.05) is 30.3 Å². The van der Waals surface area contributed by atoms with Crippen molar-refractivity contribution in [3.63, 3.8) is 0 Å². The highest BCUT2D eigenvalue weighted by molar-refractivity contribution is 7.57. The predicted molar refractivity (Wildman–Crippen MR) is 157 cm³/mol. The molecule has 1 aliphatic rings. The summed E-state index contributed by atoms with van der Waals surface area (Å²) in [5, 5.41) is 0.401. The number of nitrogens with zero attached hydrogens (tertiary/aromatic N) is 1. The normalized spacial score (nSPS) is 16.6. The minimum Gasteiger partial charge on any atom is -0.444 e. The molecule has 0 unspecified atom stereocenters. The smallest absolute Gasteiger partial charge is 0.444 e. The molecule has 9 heteroatoms. The quantitative estimate of drug-likeness (QED) is 0.224. The Kier molecular flexibility index (Phi) is 7.61. The number of hydrogen-bond acceptors (Lipinski definition) is 6. The van der Waals surface area contributed by atoms with Gasteiger partial charge in [-0.15, -0.1) is 0 Å². The lowest BCUT2D eigenvalue weighted by Crippen LogP contribution is -2.55. The van der Waals surface area contributed by atoms with Gasteiger partial charge in [0.05, 0.1) is 12.2 Å². The Hall–Kier alpha value is -4.55. The van der Waals surface area contributed by atoms with Gasteiger partial charge >= 0.3 is 13.7 Å². The molecule has 210 valence electrons. The summed E-state index contributed by atoms with van der Waals surface area (Å²) >= 11 is 0. The second-order valence-electron chi connectivity index (χ2n) is 10.5. The number of anilines is 1. The van der Waals surface area contributed by atoms with E-state index in [0.29, 0.717) is 5.69 Å². The average Bonchev–Trinajstić information content (AvgIpc) is 3.17. The van der Waals surface area contributed by atoms with E-state index < -0.39 is 30.5 Å². The SMILES string of the molecule is CC(C)(C)OC(=O)N[C@]1(P(=O)(Oc2ccccc2)Oc2ccccc2)C(=O)N(Cc2ccccc2)c2ccccc21. The summed E-state index contributed by atoms with van der Waals surface area (Å²) in [5.74, 6) is -0.281. The molecular weight excluding hydrogens is 539 g/mol. The van der Waals surface area contributed by atoms with Crippen LogP contribution in [0.2, 0.25) is 0 Å². The number of alkyl carbamates (subject to hydrolysis) is 1. The molecule has 1 atom stereocenters. The summed E-state index contributed by atoms with van der Waals surface area (Å²) in [7, 11) is -4.69. The van der Waals surface area contributed by atoms with Gasteiger partial charge in [0.2, 0.25) is 0 Å². The fourth-order valence-corrected chi connectivity index (χ4v) is 6.84. The molecule has 4 aromatic carbocycles. The number of fused-ring (bicyclic) bond motifs is 1. The van der Waals surface area contributed by atoms with Crippen molar-refractivity contribution in [2.45, 2.75) is 38.2 Å². The molecule has 0 radical (unpaired) electrons. The monoisotopic (exact) mass is 570 g/mol. The van der Waals surface area contributed by atoms with Crippen molar-refractivity contribution >= 4 is 25.3 Å². The van der Waals surface area contributed by atoms with Crippen LogP contribution in [0, 0.1) is 0 Å². The number of amides is 2. The zero-order chi connectivity index (χ0) is 29.1. The molecule has 0 fully saturated rings. The number of nitrogens with one attached hydrogen (secondary N) is 1. The summed E-state index contributed by atoms with van der Waals surface area (Å²) < 4.78 is 33.3. The molecule has 0 saturated heterocycles. The van der Waals surface area contributed by atoms with Crippen LogP contribution in [0.1, 0.15) is 31.9 Å². The average molecular weight is 571 g/mol. The maximum atomic E-state index is 15.4. The van der Waals surface area contributed by atoms with E-state index in [1.165, 1.54) is 4.90 Å². The highest BCUT2D eigenvalue weighted by atomic mass is 31.2. The molecule has 0 saturated carbocycles. The Morgan fingerprint density at radius 1 is 0.780 bits per heavy atom. The lowest BCUT2D eigenvalue weighted by atomic mass is 10.1.